The summed E-state index contributed by atoms with van der Waals surface area (Å²) >= 11 is 0. The van der Waals surface area contributed by atoms with Crippen molar-refractivity contribution in [2.24, 2.45) is 0 Å². The highest BCUT2D eigenvalue weighted by molar-refractivity contribution is 7.88. The van der Waals surface area contributed by atoms with Crippen molar-refractivity contribution in [3.8, 4) is 0 Å². The molecule has 2 aliphatic rings. The van der Waals surface area contributed by atoms with E-state index in [9.17, 15) is 13.2 Å². The van der Waals surface area contributed by atoms with Crippen LogP contribution in [-0.2, 0) is 39.2 Å². The molecule has 1 aromatic heterocycles. The molecule has 0 spiro atoms. The highest BCUT2D eigenvalue weighted by Gasteiger charge is 2.35. The Morgan fingerprint density at radius 1 is 1.42 bits per heavy atom. The largest absolute Gasteiger partial charge is 0.365 e. The quantitative estimate of drug-likeness (QED) is 0.834. The van der Waals surface area contributed by atoms with Gasteiger partial charge in [-0.3, -0.25) is 9.48 Å². The number of carbonyl (C=O) groups excluding carboxylic acids is 1. The van der Waals surface area contributed by atoms with Crippen molar-refractivity contribution >= 4 is 15.9 Å². The van der Waals surface area contributed by atoms with Crippen molar-refractivity contribution in [1.29, 1.82) is 0 Å². The van der Waals surface area contributed by atoms with E-state index in [1.54, 1.807) is 0 Å². The lowest BCUT2D eigenvalue weighted by atomic mass is 9.95. The molecule has 1 atom stereocenters. The first-order chi connectivity index (χ1) is 11.3. The maximum atomic E-state index is 12.4. The van der Waals surface area contributed by atoms with E-state index in [1.807, 2.05) is 17.7 Å². The number of carbonyl (C=O) groups is 1. The summed E-state index contributed by atoms with van der Waals surface area (Å²) in [5, 5.41) is 7.33. The van der Waals surface area contributed by atoms with Crippen molar-refractivity contribution < 1.29 is 17.9 Å². The first-order valence-corrected chi connectivity index (χ1v) is 10.1. The van der Waals surface area contributed by atoms with Gasteiger partial charge in [0.2, 0.25) is 10.0 Å². The van der Waals surface area contributed by atoms with Gasteiger partial charge in [0.25, 0.3) is 5.91 Å². The number of nitrogens with one attached hydrogen (secondary N) is 1. The number of ether oxygens (including phenoxy) is 1. The average Bonchev–Trinajstić information content (AvgIpc) is 2.94. The second-order valence-corrected chi connectivity index (χ2v) is 8.65. The molecular formula is C15H24N4O4S. The Bertz CT molecular complexity index is 722. The van der Waals surface area contributed by atoms with Crippen molar-refractivity contribution in [1.82, 2.24) is 19.4 Å². The fourth-order valence-corrected chi connectivity index (χ4v) is 3.92. The number of rotatable bonds is 4. The average molecular weight is 356 g/mol. The minimum absolute atomic E-state index is 0.120. The maximum Gasteiger partial charge on any atom is 0.252 e. The molecule has 2 aliphatic heterocycles. The Balaban J connectivity index is 1.62. The zero-order valence-electron chi connectivity index (χ0n) is 14.1. The number of aromatic nitrogens is 2. The number of sulfonamides is 1. The number of hydrogen-bond donors (Lipinski definition) is 1. The van der Waals surface area contributed by atoms with Gasteiger partial charge >= 0.3 is 0 Å². The van der Waals surface area contributed by atoms with E-state index in [2.05, 4.69) is 10.4 Å². The molecule has 3 rings (SSSR count). The van der Waals surface area contributed by atoms with Crippen LogP contribution in [0.2, 0.25) is 0 Å². The summed E-state index contributed by atoms with van der Waals surface area (Å²) in [5.41, 5.74) is 0.814. The van der Waals surface area contributed by atoms with Crippen molar-refractivity contribution in [3.05, 3.63) is 17.5 Å². The van der Waals surface area contributed by atoms with E-state index in [4.69, 9.17) is 4.74 Å². The molecule has 8 nitrogen and oxygen atoms in total. The minimum Gasteiger partial charge on any atom is -0.365 e. The van der Waals surface area contributed by atoms with Crippen molar-refractivity contribution in [2.45, 2.75) is 51.4 Å². The van der Waals surface area contributed by atoms with Gasteiger partial charge in [-0.2, -0.15) is 9.40 Å². The van der Waals surface area contributed by atoms with Gasteiger partial charge in [0.05, 0.1) is 37.3 Å². The SMILES string of the molecule is C[C@]1(C(=O)NCc2cc3n(n2)CCN(S(C)(=O)=O)C3)CCCCO1. The lowest BCUT2D eigenvalue weighted by Crippen LogP contribution is -2.48. The van der Waals surface area contributed by atoms with E-state index in [0.717, 1.165) is 30.7 Å². The normalized spacial score (nSPS) is 25.2. The molecule has 0 bridgehead atoms. The van der Waals surface area contributed by atoms with Crippen LogP contribution in [0.25, 0.3) is 0 Å². The molecule has 1 saturated heterocycles. The molecule has 1 amide bonds. The van der Waals surface area contributed by atoms with Crippen LogP contribution in [-0.4, -0.2) is 53.4 Å². The molecule has 0 aliphatic carbocycles. The van der Waals surface area contributed by atoms with Gasteiger partial charge < -0.3 is 10.1 Å². The van der Waals surface area contributed by atoms with Crippen LogP contribution in [0.15, 0.2) is 6.07 Å². The van der Waals surface area contributed by atoms with Crippen LogP contribution in [0, 0.1) is 0 Å². The number of fused-ring (bicyclic) bond motifs is 1. The second-order valence-electron chi connectivity index (χ2n) is 6.67. The Hall–Kier alpha value is -1.45. The van der Waals surface area contributed by atoms with Gasteiger partial charge in [-0.15, -0.1) is 0 Å². The van der Waals surface area contributed by atoms with E-state index < -0.39 is 15.6 Å². The third-order valence-corrected chi connectivity index (χ3v) is 5.91. The summed E-state index contributed by atoms with van der Waals surface area (Å²) in [6, 6.07) is 1.85. The van der Waals surface area contributed by atoms with Gasteiger partial charge in [0, 0.05) is 13.2 Å². The molecule has 0 unspecified atom stereocenters. The third kappa shape index (κ3) is 3.62. The summed E-state index contributed by atoms with van der Waals surface area (Å²) < 4.78 is 32.2. The summed E-state index contributed by atoms with van der Waals surface area (Å²) in [5.74, 6) is -0.120. The molecule has 1 fully saturated rings. The monoisotopic (exact) mass is 356 g/mol. The Labute approximate surface area is 142 Å². The van der Waals surface area contributed by atoms with Gasteiger partial charge in [0.1, 0.15) is 5.60 Å². The fourth-order valence-electron chi connectivity index (χ4n) is 3.14. The Kier molecular flexibility index (Phi) is 4.67. The van der Waals surface area contributed by atoms with Crippen LogP contribution in [0.1, 0.15) is 37.6 Å². The third-order valence-electron chi connectivity index (χ3n) is 4.66. The highest BCUT2D eigenvalue weighted by atomic mass is 32.2. The molecular weight excluding hydrogens is 332 g/mol. The minimum atomic E-state index is -3.20. The lowest BCUT2D eigenvalue weighted by molar-refractivity contribution is -0.150. The van der Waals surface area contributed by atoms with Crippen LogP contribution in [0.5, 0.6) is 0 Å². The number of hydrogen-bond acceptors (Lipinski definition) is 5. The predicted molar refractivity (Wildman–Crippen MR) is 87.5 cm³/mol. The van der Waals surface area contributed by atoms with E-state index in [1.165, 1.54) is 10.6 Å². The topological polar surface area (TPSA) is 93.5 Å². The van der Waals surface area contributed by atoms with Gasteiger partial charge in [-0.1, -0.05) is 0 Å². The van der Waals surface area contributed by atoms with Gasteiger partial charge in [-0.25, -0.2) is 8.42 Å². The summed E-state index contributed by atoms with van der Waals surface area (Å²) in [7, 11) is -3.20. The van der Waals surface area contributed by atoms with Gasteiger partial charge in [-0.05, 0) is 32.3 Å². The van der Waals surface area contributed by atoms with Crippen molar-refractivity contribution in [3.63, 3.8) is 0 Å². The molecule has 0 aromatic carbocycles. The summed E-state index contributed by atoms with van der Waals surface area (Å²) in [6.45, 7) is 4.02. The van der Waals surface area contributed by atoms with Crippen LogP contribution < -0.4 is 5.32 Å². The predicted octanol–water partition coefficient (Wildman–Crippen LogP) is 0.234. The van der Waals surface area contributed by atoms with E-state index in [-0.39, 0.29) is 5.91 Å². The standard InChI is InChI=1S/C15H24N4O4S/c1-15(5-3-4-8-23-15)14(20)16-10-12-9-13-11-18(24(2,21)22)6-7-19(13)17-12/h9H,3-8,10-11H2,1-2H3,(H,16,20)/t15-/m1/s1. The molecule has 9 heteroatoms. The molecule has 1 aromatic rings. The zero-order valence-corrected chi connectivity index (χ0v) is 14.9. The van der Waals surface area contributed by atoms with Crippen LogP contribution >= 0.6 is 0 Å². The molecule has 0 radical (unpaired) electrons. The molecule has 0 saturated carbocycles. The fraction of sp³-hybridized carbons (Fsp3) is 0.733. The molecule has 3 heterocycles. The second kappa shape index (κ2) is 6.45. The number of nitrogens with zero attached hydrogens (tertiary/aromatic N) is 3. The van der Waals surface area contributed by atoms with Crippen LogP contribution in [0.3, 0.4) is 0 Å². The van der Waals surface area contributed by atoms with Crippen molar-refractivity contribution in [2.75, 3.05) is 19.4 Å². The number of amides is 1. The van der Waals surface area contributed by atoms with Crippen LogP contribution in [0.4, 0.5) is 0 Å². The van der Waals surface area contributed by atoms with E-state index in [0.29, 0.717) is 32.8 Å². The zero-order chi connectivity index (χ0) is 17.4. The van der Waals surface area contributed by atoms with E-state index >= 15 is 0 Å². The lowest BCUT2D eigenvalue weighted by Gasteiger charge is -2.32. The summed E-state index contributed by atoms with van der Waals surface area (Å²) in [4.78, 5) is 12.4. The Morgan fingerprint density at radius 2 is 2.21 bits per heavy atom. The maximum absolute atomic E-state index is 12.4. The summed E-state index contributed by atoms with van der Waals surface area (Å²) in [6.07, 6.45) is 3.92. The first-order valence-electron chi connectivity index (χ1n) is 8.21. The van der Waals surface area contributed by atoms with Gasteiger partial charge in [0.15, 0.2) is 0 Å². The first kappa shape index (κ1) is 17.4. The molecule has 134 valence electrons. The smallest absolute Gasteiger partial charge is 0.252 e. The Morgan fingerprint density at radius 3 is 2.88 bits per heavy atom. The highest BCUT2D eigenvalue weighted by Crippen LogP contribution is 2.24. The molecule has 1 N–H and O–H groups in total. The molecule has 24 heavy (non-hydrogen) atoms.